The van der Waals surface area contributed by atoms with Gasteiger partial charge >= 0.3 is 0 Å². The maximum atomic E-state index is 6.02. The first-order chi connectivity index (χ1) is 15.7. The summed E-state index contributed by atoms with van der Waals surface area (Å²) in [6.07, 6.45) is 1.93. The molecule has 5 heteroatoms. The molecular formula is C27H25ClN4. The van der Waals surface area contributed by atoms with Crippen LogP contribution in [0.3, 0.4) is 0 Å². The van der Waals surface area contributed by atoms with E-state index < -0.39 is 0 Å². The molecule has 0 N–H and O–H groups in total. The fourth-order valence-electron chi connectivity index (χ4n) is 4.14. The third-order valence-electron chi connectivity index (χ3n) is 5.86. The molecule has 1 aliphatic rings. The van der Waals surface area contributed by atoms with Crippen LogP contribution in [0.5, 0.6) is 0 Å². The fraction of sp³-hybridized carbons (Fsp3) is 0.185. The molecule has 32 heavy (non-hydrogen) atoms. The Labute approximate surface area is 193 Å². The second-order valence-corrected chi connectivity index (χ2v) is 8.58. The van der Waals surface area contributed by atoms with Crippen molar-refractivity contribution < 1.29 is 0 Å². The predicted molar refractivity (Wildman–Crippen MR) is 136 cm³/mol. The van der Waals surface area contributed by atoms with Crippen molar-refractivity contribution in [2.45, 2.75) is 6.92 Å². The SMILES string of the molecule is Cc1ccc2nc(N3CCN(c4ccccc4)CC3)c(C=Nc3ccc(Cl)cc3)cc2c1. The summed E-state index contributed by atoms with van der Waals surface area (Å²) >= 11 is 6.02. The number of anilines is 2. The maximum absolute atomic E-state index is 6.02. The van der Waals surface area contributed by atoms with Gasteiger partial charge in [0.25, 0.3) is 0 Å². The van der Waals surface area contributed by atoms with E-state index in [9.17, 15) is 0 Å². The zero-order chi connectivity index (χ0) is 21.9. The largest absolute Gasteiger partial charge is 0.368 e. The Morgan fingerprint density at radius 3 is 2.31 bits per heavy atom. The van der Waals surface area contributed by atoms with Crippen LogP contribution in [-0.2, 0) is 0 Å². The predicted octanol–water partition coefficient (Wildman–Crippen LogP) is 6.27. The van der Waals surface area contributed by atoms with Crippen molar-refractivity contribution in [3.05, 3.63) is 95.0 Å². The number of hydrogen-bond acceptors (Lipinski definition) is 4. The second kappa shape index (κ2) is 9.01. The minimum absolute atomic E-state index is 0.712. The topological polar surface area (TPSA) is 31.7 Å². The molecular weight excluding hydrogens is 416 g/mol. The van der Waals surface area contributed by atoms with Crippen LogP contribution < -0.4 is 9.80 Å². The van der Waals surface area contributed by atoms with Gasteiger partial charge in [-0.25, -0.2) is 4.98 Å². The summed E-state index contributed by atoms with van der Waals surface area (Å²) in [5.41, 5.74) is 5.42. The van der Waals surface area contributed by atoms with Gasteiger partial charge in [0.2, 0.25) is 0 Å². The monoisotopic (exact) mass is 440 g/mol. The second-order valence-electron chi connectivity index (χ2n) is 8.14. The number of hydrogen-bond donors (Lipinski definition) is 0. The summed E-state index contributed by atoms with van der Waals surface area (Å²) in [6.45, 7) is 5.87. The van der Waals surface area contributed by atoms with Crippen molar-refractivity contribution in [3.8, 4) is 0 Å². The molecule has 0 radical (unpaired) electrons. The van der Waals surface area contributed by atoms with Crippen molar-refractivity contribution in [2.75, 3.05) is 36.0 Å². The molecule has 4 nitrogen and oxygen atoms in total. The number of fused-ring (bicyclic) bond motifs is 1. The van der Waals surface area contributed by atoms with E-state index in [1.807, 2.05) is 30.5 Å². The molecule has 2 heterocycles. The molecule has 160 valence electrons. The summed E-state index contributed by atoms with van der Waals surface area (Å²) in [7, 11) is 0. The Kier molecular flexibility index (Phi) is 5.78. The van der Waals surface area contributed by atoms with Crippen molar-refractivity contribution in [3.63, 3.8) is 0 Å². The van der Waals surface area contributed by atoms with Gasteiger partial charge in [-0.15, -0.1) is 0 Å². The van der Waals surface area contributed by atoms with E-state index in [2.05, 4.69) is 71.3 Å². The van der Waals surface area contributed by atoms with Gasteiger partial charge in [-0.3, -0.25) is 4.99 Å². The van der Waals surface area contributed by atoms with Gasteiger partial charge < -0.3 is 9.80 Å². The van der Waals surface area contributed by atoms with Crippen LogP contribution in [0, 0.1) is 6.92 Å². The molecule has 0 atom stereocenters. The first kappa shape index (κ1) is 20.5. The van der Waals surface area contributed by atoms with E-state index in [0.717, 1.165) is 54.2 Å². The molecule has 0 saturated carbocycles. The Balaban J connectivity index is 1.46. The standard InChI is InChI=1S/C27H25ClN4/c1-20-7-12-26-21(17-20)18-22(19-29-24-10-8-23(28)9-11-24)27(30-26)32-15-13-31(14-16-32)25-5-3-2-4-6-25/h2-12,17-19H,13-16H2,1H3. The van der Waals surface area contributed by atoms with Gasteiger partial charge in [-0.05, 0) is 61.5 Å². The van der Waals surface area contributed by atoms with Gasteiger partial charge in [0.15, 0.2) is 0 Å². The Hall–Kier alpha value is -3.37. The molecule has 0 unspecified atom stereocenters. The van der Waals surface area contributed by atoms with E-state index in [0.29, 0.717) is 5.02 Å². The summed E-state index contributed by atoms with van der Waals surface area (Å²) in [4.78, 5) is 14.6. The molecule has 0 aliphatic carbocycles. The molecule has 0 spiro atoms. The molecule has 1 saturated heterocycles. The molecule has 0 amide bonds. The smallest absolute Gasteiger partial charge is 0.138 e. The number of para-hydroxylation sites is 1. The Morgan fingerprint density at radius 1 is 0.844 bits per heavy atom. The number of aliphatic imine (C=N–C) groups is 1. The summed E-state index contributed by atoms with van der Waals surface area (Å²) in [6, 6.07) is 26.8. The minimum atomic E-state index is 0.712. The maximum Gasteiger partial charge on any atom is 0.138 e. The van der Waals surface area contributed by atoms with Crippen molar-refractivity contribution >= 4 is 45.9 Å². The van der Waals surface area contributed by atoms with Crippen molar-refractivity contribution in [1.82, 2.24) is 4.98 Å². The van der Waals surface area contributed by atoms with Crippen LogP contribution in [0.1, 0.15) is 11.1 Å². The third-order valence-corrected chi connectivity index (χ3v) is 6.11. The van der Waals surface area contributed by atoms with Crippen molar-refractivity contribution in [1.29, 1.82) is 0 Å². The highest BCUT2D eigenvalue weighted by molar-refractivity contribution is 6.30. The van der Waals surface area contributed by atoms with Crippen LogP contribution in [0.4, 0.5) is 17.2 Å². The van der Waals surface area contributed by atoms with Gasteiger partial charge in [0.05, 0.1) is 11.2 Å². The zero-order valence-corrected chi connectivity index (χ0v) is 18.8. The number of benzene rings is 3. The number of aryl methyl sites for hydroxylation is 1. The fourth-order valence-corrected chi connectivity index (χ4v) is 4.26. The lowest BCUT2D eigenvalue weighted by atomic mass is 10.1. The van der Waals surface area contributed by atoms with Crippen LogP contribution >= 0.6 is 11.6 Å². The average Bonchev–Trinajstić information content (AvgIpc) is 2.84. The van der Waals surface area contributed by atoms with Gasteiger partial charge in [-0.1, -0.05) is 41.4 Å². The van der Waals surface area contributed by atoms with E-state index in [1.54, 1.807) is 0 Å². The number of halogens is 1. The highest BCUT2D eigenvalue weighted by Gasteiger charge is 2.21. The minimum Gasteiger partial charge on any atom is -0.368 e. The molecule has 3 aromatic carbocycles. The lowest BCUT2D eigenvalue weighted by Gasteiger charge is -2.37. The number of pyridine rings is 1. The normalized spacial score (nSPS) is 14.4. The van der Waals surface area contributed by atoms with Crippen LogP contribution in [0.2, 0.25) is 5.02 Å². The highest BCUT2D eigenvalue weighted by atomic mass is 35.5. The van der Waals surface area contributed by atoms with Gasteiger partial charge in [0.1, 0.15) is 5.82 Å². The number of rotatable bonds is 4. The number of nitrogens with zero attached hydrogens (tertiary/aromatic N) is 4. The average molecular weight is 441 g/mol. The third kappa shape index (κ3) is 4.46. The lowest BCUT2D eigenvalue weighted by Crippen LogP contribution is -2.47. The van der Waals surface area contributed by atoms with E-state index in [-0.39, 0.29) is 0 Å². The highest BCUT2D eigenvalue weighted by Crippen LogP contribution is 2.26. The van der Waals surface area contributed by atoms with Crippen LogP contribution in [0.25, 0.3) is 10.9 Å². The van der Waals surface area contributed by atoms with E-state index >= 15 is 0 Å². The number of aromatic nitrogens is 1. The lowest BCUT2D eigenvalue weighted by molar-refractivity contribution is 0.648. The quantitative estimate of drug-likeness (QED) is 0.350. The summed E-state index contributed by atoms with van der Waals surface area (Å²) < 4.78 is 0. The van der Waals surface area contributed by atoms with Crippen LogP contribution in [-0.4, -0.2) is 37.4 Å². The first-order valence-electron chi connectivity index (χ1n) is 10.9. The molecule has 4 aromatic rings. The van der Waals surface area contributed by atoms with Crippen molar-refractivity contribution in [2.24, 2.45) is 4.99 Å². The summed E-state index contributed by atoms with van der Waals surface area (Å²) in [5.74, 6) is 0.992. The molecule has 1 fully saturated rings. The molecule has 1 aliphatic heterocycles. The van der Waals surface area contributed by atoms with Crippen LogP contribution in [0.15, 0.2) is 83.9 Å². The van der Waals surface area contributed by atoms with E-state index in [4.69, 9.17) is 21.6 Å². The van der Waals surface area contributed by atoms with E-state index in [1.165, 1.54) is 11.3 Å². The molecule has 1 aromatic heterocycles. The first-order valence-corrected chi connectivity index (χ1v) is 11.3. The van der Waals surface area contributed by atoms with Gasteiger partial charge in [-0.2, -0.15) is 0 Å². The summed E-state index contributed by atoms with van der Waals surface area (Å²) in [5, 5.41) is 1.85. The van der Waals surface area contributed by atoms with Gasteiger partial charge in [0, 0.05) is 54.1 Å². The Bertz CT molecular complexity index is 1240. The molecule has 5 rings (SSSR count). The Morgan fingerprint density at radius 2 is 1.56 bits per heavy atom. The number of piperazine rings is 1. The zero-order valence-electron chi connectivity index (χ0n) is 18.1. The molecule has 0 bridgehead atoms.